The molecule has 6 nitrogen and oxygen atoms in total. The molecular weight excluding hydrogens is 463 g/mol. The predicted molar refractivity (Wildman–Crippen MR) is 117 cm³/mol. The van der Waals surface area contributed by atoms with Crippen LogP contribution in [0.15, 0.2) is 46.1 Å². The number of carbonyl (C=O) groups is 1. The summed E-state index contributed by atoms with van der Waals surface area (Å²) in [4.78, 5) is 15.8. The van der Waals surface area contributed by atoms with Gasteiger partial charge in [0.05, 0.1) is 13.1 Å². The number of primary amides is 1. The standard InChI is InChI=1S/C18H24N4O2S.HI/c1-3-20-17(22-12-18(2,24)15-7-8-25-11-15)21-10-13-5-4-6-14(9-13)16(19)23;/h4-9,11,24H,3,10,12H2,1-2H3,(H2,19,23)(H2,20,21,22);1H. The van der Waals surface area contributed by atoms with E-state index in [0.717, 1.165) is 11.1 Å². The van der Waals surface area contributed by atoms with Crippen LogP contribution in [0.5, 0.6) is 0 Å². The van der Waals surface area contributed by atoms with E-state index in [9.17, 15) is 9.90 Å². The molecule has 1 unspecified atom stereocenters. The first-order valence-corrected chi connectivity index (χ1v) is 9.02. The Morgan fingerprint density at radius 1 is 1.35 bits per heavy atom. The van der Waals surface area contributed by atoms with E-state index in [1.165, 1.54) is 0 Å². The van der Waals surface area contributed by atoms with E-state index in [2.05, 4.69) is 15.6 Å². The molecule has 0 aliphatic carbocycles. The lowest BCUT2D eigenvalue weighted by Gasteiger charge is -2.24. The summed E-state index contributed by atoms with van der Waals surface area (Å²) in [7, 11) is 0. The molecule has 0 radical (unpaired) electrons. The fourth-order valence-corrected chi connectivity index (χ4v) is 3.05. The van der Waals surface area contributed by atoms with Crippen molar-refractivity contribution in [3.8, 4) is 0 Å². The molecule has 0 bridgehead atoms. The molecule has 0 saturated heterocycles. The molecular formula is C18H25IN4O2S. The monoisotopic (exact) mass is 488 g/mol. The number of hydrogen-bond acceptors (Lipinski definition) is 4. The number of halogens is 1. The summed E-state index contributed by atoms with van der Waals surface area (Å²) in [6, 6.07) is 8.99. The average molecular weight is 488 g/mol. The first-order chi connectivity index (χ1) is 11.9. The minimum atomic E-state index is -0.984. The van der Waals surface area contributed by atoms with Crippen LogP contribution in [0.2, 0.25) is 0 Å². The summed E-state index contributed by atoms with van der Waals surface area (Å²) in [5.74, 6) is 0.144. The number of benzene rings is 1. The second-order valence-corrected chi connectivity index (χ2v) is 6.68. The highest BCUT2D eigenvalue weighted by molar-refractivity contribution is 14.0. The summed E-state index contributed by atoms with van der Waals surface area (Å²) < 4.78 is 0. The Kier molecular flexibility index (Phi) is 9.03. The smallest absolute Gasteiger partial charge is 0.248 e. The van der Waals surface area contributed by atoms with Gasteiger partial charge in [0.15, 0.2) is 5.96 Å². The molecule has 8 heteroatoms. The lowest BCUT2D eigenvalue weighted by Crippen LogP contribution is -2.44. The van der Waals surface area contributed by atoms with Crippen molar-refractivity contribution in [2.24, 2.45) is 10.7 Å². The Labute approximate surface area is 174 Å². The quantitative estimate of drug-likeness (QED) is 0.273. The Morgan fingerprint density at radius 2 is 2.12 bits per heavy atom. The van der Waals surface area contributed by atoms with Crippen LogP contribution in [0.4, 0.5) is 0 Å². The highest BCUT2D eigenvalue weighted by Gasteiger charge is 2.23. The van der Waals surface area contributed by atoms with Crippen molar-refractivity contribution in [3.63, 3.8) is 0 Å². The van der Waals surface area contributed by atoms with Gasteiger partial charge in [0.25, 0.3) is 0 Å². The van der Waals surface area contributed by atoms with Gasteiger partial charge in [-0.3, -0.25) is 4.79 Å². The molecule has 1 amide bonds. The van der Waals surface area contributed by atoms with Crippen molar-refractivity contribution in [1.82, 2.24) is 10.6 Å². The molecule has 1 atom stereocenters. The zero-order chi connectivity index (χ0) is 18.3. The van der Waals surface area contributed by atoms with E-state index in [1.807, 2.05) is 29.8 Å². The van der Waals surface area contributed by atoms with Gasteiger partial charge in [-0.15, -0.1) is 24.0 Å². The maximum Gasteiger partial charge on any atom is 0.248 e. The van der Waals surface area contributed by atoms with Gasteiger partial charge in [-0.2, -0.15) is 11.3 Å². The molecule has 1 heterocycles. The van der Waals surface area contributed by atoms with Crippen molar-refractivity contribution in [1.29, 1.82) is 0 Å². The molecule has 26 heavy (non-hydrogen) atoms. The van der Waals surface area contributed by atoms with Gasteiger partial charge >= 0.3 is 0 Å². The third-order valence-corrected chi connectivity index (χ3v) is 4.40. The SMILES string of the molecule is CCNC(=NCc1cccc(C(N)=O)c1)NCC(C)(O)c1ccsc1.I. The topological polar surface area (TPSA) is 99.7 Å². The number of carbonyl (C=O) groups excluding carboxylic acids is 1. The van der Waals surface area contributed by atoms with Gasteiger partial charge < -0.3 is 21.5 Å². The number of hydrogen-bond donors (Lipinski definition) is 4. The maximum atomic E-state index is 11.3. The molecule has 1 aromatic heterocycles. The van der Waals surface area contributed by atoms with E-state index in [0.29, 0.717) is 31.2 Å². The van der Waals surface area contributed by atoms with Crippen LogP contribution in [-0.2, 0) is 12.1 Å². The van der Waals surface area contributed by atoms with Crippen molar-refractivity contribution in [3.05, 3.63) is 57.8 Å². The Hall–Kier alpha value is -1.65. The van der Waals surface area contributed by atoms with E-state index < -0.39 is 11.5 Å². The van der Waals surface area contributed by atoms with Crippen LogP contribution in [0.25, 0.3) is 0 Å². The number of aliphatic imine (C=N–C) groups is 1. The van der Waals surface area contributed by atoms with Gasteiger partial charge in [-0.25, -0.2) is 4.99 Å². The van der Waals surface area contributed by atoms with E-state index >= 15 is 0 Å². The molecule has 0 fully saturated rings. The average Bonchev–Trinajstić information content (AvgIpc) is 3.13. The van der Waals surface area contributed by atoms with Gasteiger partial charge in [0.2, 0.25) is 5.91 Å². The maximum absolute atomic E-state index is 11.3. The lowest BCUT2D eigenvalue weighted by molar-refractivity contribution is 0.0621. The second-order valence-electron chi connectivity index (χ2n) is 5.90. The Bertz CT molecular complexity index is 733. The van der Waals surface area contributed by atoms with E-state index in [1.54, 1.807) is 36.5 Å². The van der Waals surface area contributed by atoms with Crippen LogP contribution < -0.4 is 16.4 Å². The third kappa shape index (κ3) is 6.58. The number of aliphatic hydroxyl groups is 1. The zero-order valence-corrected chi connectivity index (χ0v) is 18.0. The molecule has 5 N–H and O–H groups in total. The summed E-state index contributed by atoms with van der Waals surface area (Å²) in [5.41, 5.74) is 6.54. The number of thiophene rings is 1. The van der Waals surface area contributed by atoms with Crippen LogP contribution in [0.3, 0.4) is 0 Å². The highest BCUT2D eigenvalue weighted by atomic mass is 127. The minimum Gasteiger partial charge on any atom is -0.384 e. The van der Waals surface area contributed by atoms with Gasteiger partial charge in [0, 0.05) is 12.1 Å². The van der Waals surface area contributed by atoms with Crippen molar-refractivity contribution < 1.29 is 9.90 Å². The van der Waals surface area contributed by atoms with Crippen LogP contribution in [0, 0.1) is 0 Å². The van der Waals surface area contributed by atoms with Gasteiger partial charge in [0.1, 0.15) is 5.60 Å². The summed E-state index contributed by atoms with van der Waals surface area (Å²) in [6.45, 7) is 5.17. The predicted octanol–water partition coefficient (Wildman–Crippen LogP) is 2.43. The largest absolute Gasteiger partial charge is 0.384 e. The Morgan fingerprint density at radius 3 is 2.73 bits per heavy atom. The van der Waals surface area contributed by atoms with Gasteiger partial charge in [-0.05, 0) is 53.9 Å². The zero-order valence-electron chi connectivity index (χ0n) is 14.9. The normalized spacial score (nSPS) is 13.4. The van der Waals surface area contributed by atoms with Gasteiger partial charge in [-0.1, -0.05) is 12.1 Å². The van der Waals surface area contributed by atoms with Crippen molar-refractivity contribution in [2.45, 2.75) is 26.0 Å². The van der Waals surface area contributed by atoms with E-state index in [-0.39, 0.29) is 24.0 Å². The Balaban J connectivity index is 0.00000338. The molecule has 1 aromatic carbocycles. The van der Waals surface area contributed by atoms with Crippen LogP contribution in [0.1, 0.15) is 35.3 Å². The molecule has 2 aromatic rings. The third-order valence-electron chi connectivity index (χ3n) is 3.72. The number of rotatable bonds is 7. The molecule has 0 aliphatic rings. The molecule has 0 saturated carbocycles. The second kappa shape index (κ2) is 10.5. The number of amides is 1. The summed E-state index contributed by atoms with van der Waals surface area (Å²) in [5, 5.41) is 20.8. The lowest BCUT2D eigenvalue weighted by atomic mass is 9.99. The number of nitrogens with two attached hydrogens (primary N) is 1. The number of guanidine groups is 1. The van der Waals surface area contributed by atoms with Crippen LogP contribution in [-0.4, -0.2) is 30.1 Å². The summed E-state index contributed by atoms with van der Waals surface area (Å²) >= 11 is 1.55. The molecule has 0 aliphatic heterocycles. The molecule has 142 valence electrons. The number of nitrogens with one attached hydrogen (secondary N) is 2. The fourth-order valence-electron chi connectivity index (χ4n) is 2.26. The fraction of sp³-hybridized carbons (Fsp3) is 0.333. The van der Waals surface area contributed by atoms with E-state index in [4.69, 9.17) is 5.73 Å². The summed E-state index contributed by atoms with van der Waals surface area (Å²) in [6.07, 6.45) is 0. The van der Waals surface area contributed by atoms with Crippen molar-refractivity contribution >= 4 is 47.2 Å². The molecule has 2 rings (SSSR count). The molecule has 0 spiro atoms. The van der Waals surface area contributed by atoms with Crippen molar-refractivity contribution in [2.75, 3.05) is 13.1 Å². The first kappa shape index (κ1) is 22.4. The van der Waals surface area contributed by atoms with Crippen LogP contribution >= 0.6 is 35.3 Å². The highest BCUT2D eigenvalue weighted by Crippen LogP contribution is 2.21. The number of nitrogens with zero attached hydrogens (tertiary/aromatic N) is 1. The first-order valence-electron chi connectivity index (χ1n) is 8.08. The minimum absolute atomic E-state index is 0.